The van der Waals surface area contributed by atoms with E-state index < -0.39 is 0 Å². The van der Waals surface area contributed by atoms with Crippen LogP contribution in [0.15, 0.2) is 42.6 Å². The second-order valence-electron chi connectivity index (χ2n) is 8.36. The van der Waals surface area contributed by atoms with Gasteiger partial charge in [-0.15, -0.1) is 0 Å². The highest BCUT2D eigenvalue weighted by molar-refractivity contribution is 5.19. The van der Waals surface area contributed by atoms with Crippen LogP contribution in [-0.4, -0.2) is 33.8 Å². The maximum atomic E-state index is 14.1. The highest BCUT2D eigenvalue weighted by atomic mass is 19.1. The van der Waals surface area contributed by atoms with Crippen LogP contribution >= 0.6 is 0 Å². The van der Waals surface area contributed by atoms with Gasteiger partial charge in [-0.3, -0.25) is 4.90 Å². The Hall–Kier alpha value is -1.65. The third-order valence-corrected chi connectivity index (χ3v) is 5.94. The number of benzene rings is 1. The molecule has 1 aromatic carbocycles. The molecule has 0 bridgehead atoms. The van der Waals surface area contributed by atoms with Crippen LogP contribution < -0.4 is 0 Å². The second kappa shape index (κ2) is 10.8. The molecule has 1 aliphatic carbocycles. The van der Waals surface area contributed by atoms with Crippen LogP contribution in [0.3, 0.4) is 0 Å². The Bertz CT molecular complexity index is 708. The molecule has 154 valence electrons. The highest BCUT2D eigenvalue weighted by Crippen LogP contribution is 2.25. The van der Waals surface area contributed by atoms with Gasteiger partial charge >= 0.3 is 0 Å². The van der Waals surface area contributed by atoms with Gasteiger partial charge < -0.3 is 9.67 Å². The van der Waals surface area contributed by atoms with Crippen molar-refractivity contribution in [2.45, 2.75) is 71.1 Å². The molecule has 0 spiro atoms. The molecule has 3 rings (SSSR count). The van der Waals surface area contributed by atoms with Crippen molar-refractivity contribution in [2.75, 3.05) is 13.1 Å². The fraction of sp³-hybridized carbons (Fsp3) is 0.583. The first kappa shape index (κ1) is 21.1. The highest BCUT2D eigenvalue weighted by Gasteiger charge is 2.20. The summed E-state index contributed by atoms with van der Waals surface area (Å²) in [5.41, 5.74) is 1.90. The predicted octanol–water partition coefficient (Wildman–Crippen LogP) is 5.22. The quantitative estimate of drug-likeness (QED) is 0.606. The Kier molecular flexibility index (Phi) is 8.11. The summed E-state index contributed by atoms with van der Waals surface area (Å²) >= 11 is 0. The molecular formula is C24H35FN2O. The third-order valence-electron chi connectivity index (χ3n) is 5.94. The number of hydrogen-bond donors (Lipinski definition) is 1. The molecule has 0 aliphatic heterocycles. The van der Waals surface area contributed by atoms with Crippen molar-refractivity contribution in [1.29, 1.82) is 0 Å². The SMILES string of the molecule is CCC[C@@H](O)CN(Cc1cccn1Cc1ccccc1F)CC1CCCCC1. The molecule has 1 fully saturated rings. The van der Waals surface area contributed by atoms with E-state index in [-0.39, 0.29) is 11.9 Å². The number of aromatic nitrogens is 1. The average Bonchev–Trinajstić information content (AvgIpc) is 3.11. The molecule has 0 saturated heterocycles. The molecule has 1 atom stereocenters. The predicted molar refractivity (Wildman–Crippen MR) is 113 cm³/mol. The summed E-state index contributed by atoms with van der Waals surface area (Å²) in [6.45, 7) is 5.23. The number of rotatable bonds is 10. The summed E-state index contributed by atoms with van der Waals surface area (Å²) in [6.07, 6.45) is 10.2. The first-order chi connectivity index (χ1) is 13.7. The summed E-state index contributed by atoms with van der Waals surface area (Å²) in [5, 5.41) is 10.4. The van der Waals surface area contributed by atoms with Gasteiger partial charge in [-0.2, -0.15) is 0 Å². The minimum atomic E-state index is -0.274. The van der Waals surface area contributed by atoms with Gasteiger partial charge in [0.1, 0.15) is 5.82 Å². The third kappa shape index (κ3) is 6.18. The molecule has 4 heteroatoms. The van der Waals surface area contributed by atoms with E-state index in [9.17, 15) is 9.50 Å². The number of nitrogens with zero attached hydrogens (tertiary/aromatic N) is 2. The van der Waals surface area contributed by atoms with Gasteiger partial charge in [-0.25, -0.2) is 4.39 Å². The first-order valence-electron chi connectivity index (χ1n) is 10.9. The van der Waals surface area contributed by atoms with Crippen molar-refractivity contribution < 1.29 is 9.50 Å². The Morgan fingerprint density at radius 3 is 2.68 bits per heavy atom. The van der Waals surface area contributed by atoms with Crippen LogP contribution in [-0.2, 0) is 13.1 Å². The van der Waals surface area contributed by atoms with E-state index in [0.717, 1.165) is 38.4 Å². The largest absolute Gasteiger partial charge is 0.392 e. The maximum absolute atomic E-state index is 14.1. The summed E-state index contributed by atoms with van der Waals surface area (Å²) in [7, 11) is 0. The van der Waals surface area contributed by atoms with Gasteiger partial charge in [-0.05, 0) is 43.4 Å². The normalized spacial score (nSPS) is 16.6. The molecule has 1 aromatic heterocycles. The van der Waals surface area contributed by atoms with Crippen LogP contribution in [0.1, 0.15) is 63.1 Å². The Labute approximate surface area is 169 Å². The fourth-order valence-corrected chi connectivity index (χ4v) is 4.45. The number of hydrogen-bond acceptors (Lipinski definition) is 2. The first-order valence-corrected chi connectivity index (χ1v) is 10.9. The van der Waals surface area contributed by atoms with Crippen LogP contribution in [0.2, 0.25) is 0 Å². The zero-order valence-corrected chi connectivity index (χ0v) is 17.2. The molecule has 1 saturated carbocycles. The Balaban J connectivity index is 1.69. The van der Waals surface area contributed by atoms with Crippen LogP contribution in [0.4, 0.5) is 4.39 Å². The van der Waals surface area contributed by atoms with E-state index in [1.807, 2.05) is 24.4 Å². The molecular weight excluding hydrogens is 351 g/mol. The fourth-order valence-electron chi connectivity index (χ4n) is 4.45. The zero-order valence-electron chi connectivity index (χ0n) is 17.2. The van der Waals surface area contributed by atoms with E-state index in [2.05, 4.69) is 22.5 Å². The Morgan fingerprint density at radius 1 is 1.14 bits per heavy atom. The van der Waals surface area contributed by atoms with Gasteiger partial charge in [0.2, 0.25) is 0 Å². The molecule has 1 N–H and O–H groups in total. The summed E-state index contributed by atoms with van der Waals surface area (Å²) in [4.78, 5) is 2.42. The second-order valence-corrected chi connectivity index (χ2v) is 8.36. The molecule has 2 aromatic rings. The standard InChI is InChI=1S/C24H35FN2O/c1-2-9-23(28)19-26(16-20-10-4-3-5-11-20)18-22-13-8-15-27(22)17-21-12-6-7-14-24(21)25/h6-8,12-15,20,23,28H,2-5,9-11,16-19H2,1H3/t23-/m1/s1. The minimum Gasteiger partial charge on any atom is -0.392 e. The lowest BCUT2D eigenvalue weighted by molar-refractivity contribution is 0.0853. The molecule has 28 heavy (non-hydrogen) atoms. The summed E-state index contributed by atoms with van der Waals surface area (Å²) in [6, 6.07) is 11.2. The number of aliphatic hydroxyl groups excluding tert-OH is 1. The molecule has 1 aliphatic rings. The minimum absolute atomic E-state index is 0.153. The zero-order chi connectivity index (χ0) is 19.8. The molecule has 0 radical (unpaired) electrons. The smallest absolute Gasteiger partial charge is 0.128 e. The van der Waals surface area contributed by atoms with Crippen molar-refractivity contribution in [3.8, 4) is 0 Å². The van der Waals surface area contributed by atoms with Crippen molar-refractivity contribution in [2.24, 2.45) is 5.92 Å². The van der Waals surface area contributed by atoms with Crippen molar-refractivity contribution in [1.82, 2.24) is 9.47 Å². The molecule has 1 heterocycles. The van der Waals surface area contributed by atoms with Gasteiger partial charge in [0, 0.05) is 37.1 Å². The molecule has 3 nitrogen and oxygen atoms in total. The van der Waals surface area contributed by atoms with E-state index in [1.54, 1.807) is 6.07 Å². The lowest BCUT2D eigenvalue weighted by Crippen LogP contribution is -2.36. The van der Waals surface area contributed by atoms with Crippen LogP contribution in [0.25, 0.3) is 0 Å². The lowest BCUT2D eigenvalue weighted by Gasteiger charge is -2.31. The average molecular weight is 387 g/mol. The van der Waals surface area contributed by atoms with Crippen molar-refractivity contribution >= 4 is 0 Å². The lowest BCUT2D eigenvalue weighted by atomic mass is 9.89. The van der Waals surface area contributed by atoms with Gasteiger partial charge in [0.25, 0.3) is 0 Å². The van der Waals surface area contributed by atoms with E-state index in [1.165, 1.54) is 43.9 Å². The monoisotopic (exact) mass is 386 g/mol. The Morgan fingerprint density at radius 2 is 1.93 bits per heavy atom. The van der Waals surface area contributed by atoms with Gasteiger partial charge in [0.15, 0.2) is 0 Å². The summed E-state index contributed by atoms with van der Waals surface area (Å²) in [5.74, 6) is 0.581. The van der Waals surface area contributed by atoms with Crippen molar-refractivity contribution in [3.63, 3.8) is 0 Å². The van der Waals surface area contributed by atoms with Gasteiger partial charge in [0.05, 0.1) is 12.6 Å². The van der Waals surface area contributed by atoms with Crippen molar-refractivity contribution in [3.05, 3.63) is 59.7 Å². The van der Waals surface area contributed by atoms with Crippen LogP contribution in [0, 0.1) is 11.7 Å². The molecule has 0 unspecified atom stereocenters. The topological polar surface area (TPSA) is 28.4 Å². The van der Waals surface area contributed by atoms with E-state index in [4.69, 9.17) is 0 Å². The number of aliphatic hydroxyl groups is 1. The summed E-state index contributed by atoms with van der Waals surface area (Å²) < 4.78 is 16.2. The van der Waals surface area contributed by atoms with E-state index >= 15 is 0 Å². The van der Waals surface area contributed by atoms with E-state index in [0.29, 0.717) is 12.1 Å². The molecule has 0 amide bonds. The number of halogens is 1. The van der Waals surface area contributed by atoms with Crippen LogP contribution in [0.5, 0.6) is 0 Å². The van der Waals surface area contributed by atoms with Gasteiger partial charge in [-0.1, -0.05) is 50.8 Å². The maximum Gasteiger partial charge on any atom is 0.128 e.